The molecule has 148 valence electrons. The van der Waals surface area contributed by atoms with Gasteiger partial charge in [0.2, 0.25) is 0 Å². The lowest BCUT2D eigenvalue weighted by Gasteiger charge is -2.41. The molecule has 1 aromatic carbocycles. The molecule has 27 heavy (non-hydrogen) atoms. The van der Waals surface area contributed by atoms with Gasteiger partial charge in [0.05, 0.1) is 11.7 Å². The van der Waals surface area contributed by atoms with E-state index in [0.717, 1.165) is 18.0 Å². The Kier molecular flexibility index (Phi) is 5.72. The molecule has 4 heteroatoms. The highest BCUT2D eigenvalue weighted by Gasteiger charge is 2.47. The number of fused-ring (bicyclic) bond motifs is 3. The van der Waals surface area contributed by atoms with Crippen LogP contribution in [0.4, 0.5) is 10.5 Å². The third kappa shape index (κ3) is 3.73. The van der Waals surface area contributed by atoms with Crippen LogP contribution in [-0.4, -0.2) is 41.8 Å². The number of hydrogen-bond donors (Lipinski definition) is 1. The standard InChI is InChI=1S/C23H34N2O2/c1-2-3-13-24-14-11-17(12-15-24)16-18-7-6-9-20-19-8-4-5-10-21(19)25(22(18)20)23(26)27/h4-5,8,10,17-18,20,22H,2-3,6-7,9,11-16H2,1H3,(H,26,27). The third-order valence-electron chi connectivity index (χ3n) is 7.26. The van der Waals surface area contributed by atoms with Crippen LogP contribution >= 0.6 is 0 Å². The Balaban J connectivity index is 1.44. The Hall–Kier alpha value is -1.55. The van der Waals surface area contributed by atoms with Crippen LogP contribution in [0.1, 0.15) is 69.8 Å². The van der Waals surface area contributed by atoms with E-state index in [9.17, 15) is 9.90 Å². The molecule has 0 spiro atoms. The molecule has 0 bridgehead atoms. The molecule has 1 amide bonds. The minimum atomic E-state index is -0.767. The summed E-state index contributed by atoms with van der Waals surface area (Å²) in [6, 6.07) is 8.37. The summed E-state index contributed by atoms with van der Waals surface area (Å²) in [7, 11) is 0. The average Bonchev–Trinajstić information content (AvgIpc) is 3.03. The van der Waals surface area contributed by atoms with Gasteiger partial charge in [-0.2, -0.15) is 0 Å². The van der Waals surface area contributed by atoms with E-state index in [1.165, 1.54) is 70.1 Å². The summed E-state index contributed by atoms with van der Waals surface area (Å²) in [6.45, 7) is 5.97. The fraction of sp³-hybridized carbons (Fsp3) is 0.696. The molecular formula is C23H34N2O2. The molecule has 2 aliphatic heterocycles. The summed E-state index contributed by atoms with van der Waals surface area (Å²) in [5.41, 5.74) is 2.21. The summed E-state index contributed by atoms with van der Waals surface area (Å²) in [5.74, 6) is 1.69. The first-order valence-corrected chi connectivity index (χ1v) is 11.0. The molecule has 4 nitrogen and oxygen atoms in total. The average molecular weight is 371 g/mol. The maximum absolute atomic E-state index is 12.1. The largest absolute Gasteiger partial charge is 0.465 e. The lowest BCUT2D eigenvalue weighted by Crippen LogP contribution is -2.46. The van der Waals surface area contributed by atoms with Gasteiger partial charge < -0.3 is 10.0 Å². The van der Waals surface area contributed by atoms with Crippen LogP contribution < -0.4 is 4.90 Å². The number of hydrogen-bond acceptors (Lipinski definition) is 2. The molecule has 0 aromatic heterocycles. The van der Waals surface area contributed by atoms with Gasteiger partial charge in [-0.25, -0.2) is 4.79 Å². The number of carbonyl (C=O) groups is 1. The molecule has 0 radical (unpaired) electrons. The zero-order valence-electron chi connectivity index (χ0n) is 16.6. The number of piperidine rings is 1. The van der Waals surface area contributed by atoms with Crippen LogP contribution in [0.5, 0.6) is 0 Å². The second-order valence-electron chi connectivity index (χ2n) is 8.87. The molecule has 1 aromatic rings. The maximum Gasteiger partial charge on any atom is 0.412 e. The second-order valence-corrected chi connectivity index (χ2v) is 8.87. The van der Waals surface area contributed by atoms with Gasteiger partial charge in [0.1, 0.15) is 0 Å². The van der Waals surface area contributed by atoms with Crippen molar-refractivity contribution in [3.8, 4) is 0 Å². The Morgan fingerprint density at radius 2 is 1.93 bits per heavy atom. The van der Waals surface area contributed by atoms with Gasteiger partial charge in [-0.3, -0.25) is 4.90 Å². The first kappa shape index (κ1) is 18.8. The Morgan fingerprint density at radius 3 is 2.67 bits per heavy atom. The normalized spacial score (nSPS) is 28.8. The number of rotatable bonds is 5. The van der Waals surface area contributed by atoms with E-state index in [2.05, 4.69) is 24.0 Å². The van der Waals surface area contributed by atoms with E-state index >= 15 is 0 Å². The number of unbranched alkanes of at least 4 members (excludes halogenated alkanes) is 1. The van der Waals surface area contributed by atoms with Gasteiger partial charge in [0.15, 0.2) is 0 Å². The van der Waals surface area contributed by atoms with Crippen molar-refractivity contribution >= 4 is 11.8 Å². The van der Waals surface area contributed by atoms with Gasteiger partial charge in [-0.15, -0.1) is 0 Å². The molecule has 1 aliphatic carbocycles. The molecule has 3 aliphatic rings. The fourth-order valence-corrected chi connectivity index (χ4v) is 5.92. The molecule has 1 saturated heterocycles. The van der Waals surface area contributed by atoms with Crippen molar-refractivity contribution in [2.24, 2.45) is 11.8 Å². The van der Waals surface area contributed by atoms with Crippen LogP contribution in [0.3, 0.4) is 0 Å². The molecule has 4 rings (SSSR count). The highest BCUT2D eigenvalue weighted by atomic mass is 16.4. The molecule has 2 fully saturated rings. The van der Waals surface area contributed by atoms with Crippen molar-refractivity contribution in [1.82, 2.24) is 4.90 Å². The van der Waals surface area contributed by atoms with Crippen LogP contribution in [0.2, 0.25) is 0 Å². The van der Waals surface area contributed by atoms with Gasteiger partial charge in [-0.1, -0.05) is 38.0 Å². The van der Waals surface area contributed by atoms with Crippen LogP contribution in [0.15, 0.2) is 24.3 Å². The number of likely N-dealkylation sites (tertiary alicyclic amines) is 1. The summed E-state index contributed by atoms with van der Waals surface area (Å²) >= 11 is 0. The smallest absolute Gasteiger partial charge is 0.412 e. The molecule has 2 heterocycles. The predicted molar refractivity (Wildman–Crippen MR) is 110 cm³/mol. The highest BCUT2D eigenvalue weighted by molar-refractivity contribution is 5.90. The van der Waals surface area contributed by atoms with E-state index in [1.54, 1.807) is 4.90 Å². The SMILES string of the molecule is CCCCN1CCC(CC2CCCC3c4ccccc4N(C(=O)O)C23)CC1. The van der Waals surface area contributed by atoms with Crippen molar-refractivity contribution in [2.45, 2.75) is 70.3 Å². The second kappa shape index (κ2) is 8.22. The summed E-state index contributed by atoms with van der Waals surface area (Å²) in [5, 5.41) is 9.96. The lowest BCUT2D eigenvalue weighted by molar-refractivity contribution is 0.142. The first-order valence-electron chi connectivity index (χ1n) is 11.0. The number of carboxylic acid groups (broad SMARTS) is 1. The van der Waals surface area contributed by atoms with E-state index in [4.69, 9.17) is 0 Å². The molecule has 1 N–H and O–H groups in total. The summed E-state index contributed by atoms with van der Waals surface area (Å²) in [4.78, 5) is 16.5. The van der Waals surface area contributed by atoms with Crippen molar-refractivity contribution in [3.05, 3.63) is 29.8 Å². The fourth-order valence-electron chi connectivity index (χ4n) is 5.92. The van der Waals surface area contributed by atoms with Crippen LogP contribution in [0.25, 0.3) is 0 Å². The number of amides is 1. The zero-order chi connectivity index (χ0) is 18.8. The maximum atomic E-state index is 12.1. The number of benzene rings is 1. The van der Waals surface area contributed by atoms with Gasteiger partial charge in [0.25, 0.3) is 0 Å². The minimum Gasteiger partial charge on any atom is -0.465 e. The van der Waals surface area contributed by atoms with E-state index < -0.39 is 6.09 Å². The summed E-state index contributed by atoms with van der Waals surface area (Å²) < 4.78 is 0. The zero-order valence-corrected chi connectivity index (χ0v) is 16.6. The Bertz CT molecular complexity index is 654. The first-order chi connectivity index (χ1) is 13.2. The molecule has 3 unspecified atom stereocenters. The molecule has 3 atom stereocenters. The Morgan fingerprint density at radius 1 is 1.15 bits per heavy atom. The minimum absolute atomic E-state index is 0.159. The highest BCUT2D eigenvalue weighted by Crippen LogP contribution is 2.51. The summed E-state index contributed by atoms with van der Waals surface area (Å²) in [6.07, 6.45) is 9.17. The van der Waals surface area contributed by atoms with Crippen molar-refractivity contribution in [3.63, 3.8) is 0 Å². The predicted octanol–water partition coefficient (Wildman–Crippen LogP) is 5.34. The Labute approximate surface area is 163 Å². The number of para-hydroxylation sites is 1. The van der Waals surface area contributed by atoms with E-state index in [1.807, 2.05) is 12.1 Å². The number of anilines is 1. The van der Waals surface area contributed by atoms with Gasteiger partial charge in [-0.05, 0) is 81.6 Å². The van der Waals surface area contributed by atoms with Gasteiger partial charge >= 0.3 is 6.09 Å². The van der Waals surface area contributed by atoms with Crippen molar-refractivity contribution < 1.29 is 9.90 Å². The number of nitrogens with zero attached hydrogens (tertiary/aromatic N) is 2. The third-order valence-corrected chi connectivity index (χ3v) is 7.26. The topological polar surface area (TPSA) is 43.8 Å². The van der Waals surface area contributed by atoms with Gasteiger partial charge in [0, 0.05) is 5.92 Å². The van der Waals surface area contributed by atoms with Crippen LogP contribution in [0, 0.1) is 11.8 Å². The van der Waals surface area contributed by atoms with Crippen LogP contribution in [-0.2, 0) is 0 Å². The molecule has 1 saturated carbocycles. The molecular weight excluding hydrogens is 336 g/mol. The monoisotopic (exact) mass is 370 g/mol. The van der Waals surface area contributed by atoms with E-state index in [0.29, 0.717) is 11.8 Å². The van der Waals surface area contributed by atoms with E-state index in [-0.39, 0.29) is 6.04 Å². The van der Waals surface area contributed by atoms with Crippen molar-refractivity contribution in [1.29, 1.82) is 0 Å². The lowest BCUT2D eigenvalue weighted by atomic mass is 9.71. The van der Waals surface area contributed by atoms with Crippen molar-refractivity contribution in [2.75, 3.05) is 24.5 Å². The quantitative estimate of drug-likeness (QED) is 0.761.